The highest BCUT2D eigenvalue weighted by Gasteiger charge is 2.30. The lowest BCUT2D eigenvalue weighted by molar-refractivity contribution is 0.0383. The van der Waals surface area contributed by atoms with Crippen LogP contribution in [-0.2, 0) is 11.3 Å². The predicted molar refractivity (Wildman–Crippen MR) is 136 cm³/mol. The van der Waals surface area contributed by atoms with E-state index >= 15 is 0 Å². The van der Waals surface area contributed by atoms with Crippen molar-refractivity contribution in [1.82, 2.24) is 19.8 Å². The maximum atomic E-state index is 14.7. The van der Waals surface area contributed by atoms with Crippen molar-refractivity contribution < 1.29 is 28.6 Å². The van der Waals surface area contributed by atoms with Crippen LogP contribution in [0.25, 0.3) is 11.4 Å². The number of hydrogen-bond acceptors (Lipinski definition) is 7. The van der Waals surface area contributed by atoms with Crippen LogP contribution in [0.5, 0.6) is 5.75 Å². The van der Waals surface area contributed by atoms with E-state index in [9.17, 15) is 19.1 Å². The summed E-state index contributed by atoms with van der Waals surface area (Å²) in [6.07, 6.45) is 0. The summed E-state index contributed by atoms with van der Waals surface area (Å²) in [4.78, 5) is 31.9. The van der Waals surface area contributed by atoms with Crippen molar-refractivity contribution in [1.29, 1.82) is 0 Å². The number of halogens is 1. The summed E-state index contributed by atoms with van der Waals surface area (Å²) in [6, 6.07) is 2.61. The Morgan fingerprint density at radius 2 is 1.92 bits per heavy atom. The Bertz CT molecular complexity index is 1200. The van der Waals surface area contributed by atoms with Crippen LogP contribution in [0.4, 0.5) is 4.39 Å². The molecule has 3 heterocycles. The van der Waals surface area contributed by atoms with Crippen LogP contribution >= 0.6 is 0 Å². The lowest BCUT2D eigenvalue weighted by Crippen LogP contribution is -2.41. The van der Waals surface area contributed by atoms with E-state index in [-0.39, 0.29) is 41.7 Å². The van der Waals surface area contributed by atoms with E-state index in [1.807, 2.05) is 13.8 Å². The Morgan fingerprint density at radius 3 is 2.57 bits per heavy atom. The summed E-state index contributed by atoms with van der Waals surface area (Å²) >= 11 is 0. The van der Waals surface area contributed by atoms with Gasteiger partial charge in [0, 0.05) is 32.2 Å². The van der Waals surface area contributed by atoms with Crippen molar-refractivity contribution in [2.45, 2.75) is 39.8 Å². The van der Waals surface area contributed by atoms with Gasteiger partial charge in [-0.25, -0.2) is 9.37 Å². The number of benzene rings is 1. The molecule has 4 N–H and O–H groups in total. The molecule has 2 amide bonds. The number of morpholine rings is 1. The Hall–Kier alpha value is -3.46. The predicted octanol–water partition coefficient (Wildman–Crippen LogP) is 1.39. The third-order valence-corrected chi connectivity index (χ3v) is 5.62. The van der Waals surface area contributed by atoms with Gasteiger partial charge in [0.2, 0.25) is 0 Å². The van der Waals surface area contributed by atoms with Gasteiger partial charge in [-0.2, -0.15) is 0 Å². The third-order valence-electron chi connectivity index (χ3n) is 5.62. The second kappa shape index (κ2) is 12.2. The van der Waals surface area contributed by atoms with Crippen LogP contribution in [0, 0.1) is 17.7 Å². The van der Waals surface area contributed by atoms with E-state index in [0.717, 1.165) is 13.1 Å². The molecule has 1 aromatic heterocycles. The number of ether oxygens (including phenoxy) is 2. The smallest absolute Gasteiger partial charge is 0.270 e. The maximum absolute atomic E-state index is 14.7. The summed E-state index contributed by atoms with van der Waals surface area (Å²) in [5, 5.41) is 12.7. The highest BCUT2D eigenvalue weighted by Crippen LogP contribution is 2.35. The number of nitrogens with one attached hydrogen (secondary N) is 1. The molecular weight excluding hydrogens is 481 g/mol. The van der Waals surface area contributed by atoms with E-state index in [0.29, 0.717) is 31.9 Å². The molecule has 0 unspecified atom stereocenters. The van der Waals surface area contributed by atoms with E-state index in [1.165, 1.54) is 26.0 Å². The zero-order valence-electron chi connectivity index (χ0n) is 21.7. The van der Waals surface area contributed by atoms with Crippen molar-refractivity contribution in [3.8, 4) is 29.0 Å². The second-order valence-corrected chi connectivity index (χ2v) is 8.84. The molecule has 37 heavy (non-hydrogen) atoms. The number of aliphatic hydroxyl groups is 1. The molecule has 2 aliphatic heterocycles. The number of nitrogens with two attached hydrogens (primary N) is 1. The highest BCUT2D eigenvalue weighted by atomic mass is 19.1. The molecule has 10 nitrogen and oxygen atoms in total. The minimum Gasteiger partial charge on any atom is -0.491 e. The SMILES string of the molecule is CC.CC(C)(O)C#Cc1cc2c(cc1F)OCCn1c-2nc(C(N)=O)c1C(=O)NCCN1CCOCC1. The van der Waals surface area contributed by atoms with Crippen molar-refractivity contribution in [3.05, 3.63) is 34.9 Å². The Balaban J connectivity index is 0.00000186. The molecule has 0 radical (unpaired) electrons. The van der Waals surface area contributed by atoms with Gasteiger partial charge in [0.05, 0.1) is 30.9 Å². The second-order valence-electron chi connectivity index (χ2n) is 8.84. The zero-order chi connectivity index (χ0) is 27.2. The Kier molecular flexibility index (Phi) is 9.26. The average Bonchev–Trinajstić information content (AvgIpc) is 3.16. The van der Waals surface area contributed by atoms with Crippen LogP contribution in [0.1, 0.15) is 54.2 Å². The van der Waals surface area contributed by atoms with Gasteiger partial charge in [0.25, 0.3) is 11.8 Å². The number of hydrogen-bond donors (Lipinski definition) is 3. The first-order valence-corrected chi connectivity index (χ1v) is 12.3. The summed E-state index contributed by atoms with van der Waals surface area (Å²) in [5.41, 5.74) is 4.47. The summed E-state index contributed by atoms with van der Waals surface area (Å²) in [7, 11) is 0. The molecule has 0 saturated carbocycles. The molecule has 0 bridgehead atoms. The molecule has 11 heteroatoms. The monoisotopic (exact) mass is 515 g/mol. The van der Waals surface area contributed by atoms with Crippen molar-refractivity contribution in [3.63, 3.8) is 0 Å². The molecule has 0 spiro atoms. The van der Waals surface area contributed by atoms with Crippen molar-refractivity contribution >= 4 is 11.8 Å². The first kappa shape index (κ1) is 28.1. The quantitative estimate of drug-likeness (QED) is 0.513. The van der Waals surface area contributed by atoms with Gasteiger partial charge in [-0.15, -0.1) is 0 Å². The zero-order valence-corrected chi connectivity index (χ0v) is 21.7. The van der Waals surface area contributed by atoms with Gasteiger partial charge in [0.15, 0.2) is 5.69 Å². The van der Waals surface area contributed by atoms with Crippen LogP contribution in [0.3, 0.4) is 0 Å². The van der Waals surface area contributed by atoms with Gasteiger partial charge in [-0.1, -0.05) is 25.7 Å². The lowest BCUT2D eigenvalue weighted by Gasteiger charge is -2.26. The van der Waals surface area contributed by atoms with Gasteiger partial charge in [-0.3, -0.25) is 14.5 Å². The highest BCUT2D eigenvalue weighted by molar-refractivity contribution is 6.05. The molecule has 1 saturated heterocycles. The third kappa shape index (κ3) is 6.85. The number of imidazole rings is 1. The van der Waals surface area contributed by atoms with Gasteiger partial charge in [-0.05, 0) is 19.9 Å². The number of carbonyl (C=O) groups excluding carboxylic acids is 2. The molecule has 1 aromatic carbocycles. The fraction of sp³-hybridized carbons (Fsp3) is 0.500. The number of aromatic nitrogens is 2. The summed E-state index contributed by atoms with van der Waals surface area (Å²) in [5.74, 6) is 3.69. The molecule has 0 aliphatic carbocycles. The minimum absolute atomic E-state index is 0.0167. The minimum atomic E-state index is -1.32. The number of nitrogens with zero attached hydrogens (tertiary/aromatic N) is 3. The first-order valence-electron chi connectivity index (χ1n) is 12.3. The van der Waals surface area contributed by atoms with Gasteiger partial charge >= 0.3 is 0 Å². The number of amides is 2. The first-order chi connectivity index (χ1) is 17.6. The summed E-state index contributed by atoms with van der Waals surface area (Å²) < 4.78 is 27.2. The number of primary amides is 1. The lowest BCUT2D eigenvalue weighted by atomic mass is 10.1. The fourth-order valence-corrected chi connectivity index (χ4v) is 3.93. The van der Waals surface area contributed by atoms with E-state index in [4.69, 9.17) is 15.2 Å². The Labute approximate surface area is 215 Å². The largest absolute Gasteiger partial charge is 0.491 e. The van der Waals surface area contributed by atoms with Gasteiger partial charge < -0.3 is 30.2 Å². The number of rotatable bonds is 5. The molecule has 2 aliphatic rings. The van der Waals surface area contributed by atoms with Gasteiger partial charge in [0.1, 0.15) is 35.3 Å². The van der Waals surface area contributed by atoms with Crippen LogP contribution in [0.15, 0.2) is 12.1 Å². The average molecular weight is 516 g/mol. The van der Waals surface area contributed by atoms with Crippen molar-refractivity contribution in [2.75, 3.05) is 46.0 Å². The maximum Gasteiger partial charge on any atom is 0.270 e. The number of carbonyl (C=O) groups is 2. The molecule has 0 atom stereocenters. The molecule has 2 aromatic rings. The van der Waals surface area contributed by atoms with Crippen molar-refractivity contribution in [2.24, 2.45) is 5.73 Å². The molecule has 4 rings (SSSR count). The van der Waals surface area contributed by atoms with E-state index < -0.39 is 23.2 Å². The molecular formula is C26H34FN5O5. The fourth-order valence-electron chi connectivity index (χ4n) is 3.93. The number of fused-ring (bicyclic) bond motifs is 3. The van der Waals surface area contributed by atoms with Crippen LogP contribution in [-0.4, -0.2) is 83.0 Å². The molecule has 1 fully saturated rings. The van der Waals surface area contributed by atoms with E-state index in [1.54, 1.807) is 4.57 Å². The van der Waals surface area contributed by atoms with Crippen LogP contribution in [0.2, 0.25) is 0 Å². The standard InChI is InChI=1S/C24H28FN5O5.C2H6/c1-24(2,33)4-3-15-13-16-18(14-17(15)25)35-12-9-30-20(19(21(26)31)28-22(16)30)23(32)27-5-6-29-7-10-34-11-8-29;1-2/h13-14,33H,5-12H2,1-2H3,(H2,26,31)(H,27,32);1-2H3. The Morgan fingerprint density at radius 1 is 1.22 bits per heavy atom. The molecule has 200 valence electrons. The topological polar surface area (TPSA) is 132 Å². The van der Waals surface area contributed by atoms with Crippen LogP contribution < -0.4 is 15.8 Å². The normalized spacial score (nSPS) is 15.0. The van der Waals surface area contributed by atoms with E-state index in [2.05, 4.69) is 27.0 Å². The summed E-state index contributed by atoms with van der Waals surface area (Å²) in [6.45, 7) is 11.2.